The number of halogens is 4. The van der Waals surface area contributed by atoms with Crippen LogP contribution in [-0.2, 0) is 10.4 Å². The smallest absolute Gasteiger partial charge is 0.385 e. The molecule has 0 radical (unpaired) electrons. The zero-order valence-corrected chi connectivity index (χ0v) is 10.5. The van der Waals surface area contributed by atoms with Crippen molar-refractivity contribution in [1.82, 2.24) is 4.90 Å². The van der Waals surface area contributed by atoms with Gasteiger partial charge in [0.15, 0.2) is 0 Å². The Morgan fingerprint density at radius 3 is 2.10 bits per heavy atom. The van der Waals surface area contributed by atoms with Crippen LogP contribution < -0.4 is 0 Å². The first kappa shape index (κ1) is 14.8. The first-order valence-corrected chi connectivity index (χ1v) is 6.07. The number of likely N-dealkylation sites (tertiary alicyclic amines) is 1. The Morgan fingerprint density at radius 2 is 1.65 bits per heavy atom. The van der Waals surface area contributed by atoms with Crippen LogP contribution in [-0.4, -0.2) is 35.2 Å². The number of amides is 1. The molecule has 0 unspecified atom stereocenters. The number of carbonyl (C=O) groups is 1. The molecule has 1 aliphatic rings. The van der Waals surface area contributed by atoms with E-state index >= 15 is 0 Å². The summed E-state index contributed by atoms with van der Waals surface area (Å²) in [6.07, 6.45) is -4.92. The van der Waals surface area contributed by atoms with E-state index in [-0.39, 0.29) is 25.9 Å². The first-order valence-electron chi connectivity index (χ1n) is 6.07. The second kappa shape index (κ2) is 5.05. The maximum Gasteiger partial charge on any atom is 0.471 e. The summed E-state index contributed by atoms with van der Waals surface area (Å²) < 4.78 is 49.7. The molecule has 1 N–H and O–H groups in total. The van der Waals surface area contributed by atoms with Gasteiger partial charge in [0.2, 0.25) is 0 Å². The summed E-state index contributed by atoms with van der Waals surface area (Å²) in [6.45, 7) is -0.377. The molecule has 1 amide bonds. The molecule has 7 heteroatoms. The second-order valence-corrected chi connectivity index (χ2v) is 4.83. The minimum atomic E-state index is -4.90. The van der Waals surface area contributed by atoms with E-state index in [1.807, 2.05) is 0 Å². The Kier molecular flexibility index (Phi) is 3.73. The average Bonchev–Trinajstić information content (AvgIpc) is 2.38. The van der Waals surface area contributed by atoms with Crippen molar-refractivity contribution >= 4 is 5.91 Å². The fourth-order valence-corrected chi connectivity index (χ4v) is 2.31. The van der Waals surface area contributed by atoms with E-state index in [0.717, 1.165) is 0 Å². The summed E-state index contributed by atoms with van der Waals surface area (Å²) >= 11 is 0. The molecule has 1 aromatic rings. The number of carbonyl (C=O) groups excluding carboxylic acids is 1. The molecule has 3 nitrogen and oxygen atoms in total. The van der Waals surface area contributed by atoms with Crippen LogP contribution in [0, 0.1) is 5.82 Å². The second-order valence-electron chi connectivity index (χ2n) is 4.83. The highest BCUT2D eigenvalue weighted by atomic mass is 19.4. The minimum Gasteiger partial charge on any atom is -0.385 e. The molecule has 20 heavy (non-hydrogen) atoms. The van der Waals surface area contributed by atoms with Crippen LogP contribution in [0.15, 0.2) is 24.3 Å². The molecule has 0 aliphatic carbocycles. The SMILES string of the molecule is O=C(N1CCC(O)(c2ccc(F)cc2)CC1)C(F)(F)F. The molecular weight excluding hydrogens is 278 g/mol. The van der Waals surface area contributed by atoms with E-state index in [9.17, 15) is 27.5 Å². The van der Waals surface area contributed by atoms with Crippen molar-refractivity contribution in [1.29, 1.82) is 0 Å². The maximum absolute atomic E-state index is 12.8. The van der Waals surface area contributed by atoms with E-state index in [4.69, 9.17) is 0 Å². The molecule has 0 aromatic heterocycles. The summed E-state index contributed by atoms with van der Waals surface area (Å²) in [5.74, 6) is -2.35. The monoisotopic (exact) mass is 291 g/mol. The van der Waals surface area contributed by atoms with Gasteiger partial charge in [0.25, 0.3) is 0 Å². The summed E-state index contributed by atoms with van der Waals surface area (Å²) in [4.78, 5) is 11.8. The van der Waals surface area contributed by atoms with Gasteiger partial charge in [-0.15, -0.1) is 0 Å². The molecule has 1 heterocycles. The number of hydrogen-bond acceptors (Lipinski definition) is 2. The molecule has 1 saturated heterocycles. The van der Waals surface area contributed by atoms with Crippen molar-refractivity contribution in [3.63, 3.8) is 0 Å². The molecule has 0 spiro atoms. The quantitative estimate of drug-likeness (QED) is 0.806. The molecule has 0 bridgehead atoms. The summed E-state index contributed by atoms with van der Waals surface area (Å²) in [6, 6.07) is 5.16. The third-order valence-electron chi connectivity index (χ3n) is 3.50. The van der Waals surface area contributed by atoms with E-state index in [0.29, 0.717) is 10.5 Å². The molecular formula is C13H13F4NO2. The standard InChI is InChI=1S/C13H13F4NO2/c14-10-3-1-9(2-4-10)12(20)5-7-18(8-6-12)11(19)13(15,16)17/h1-4,20H,5-8H2. The van der Waals surface area contributed by atoms with Gasteiger partial charge in [0, 0.05) is 13.1 Å². The molecule has 1 fully saturated rings. The average molecular weight is 291 g/mol. The van der Waals surface area contributed by atoms with E-state index in [1.165, 1.54) is 24.3 Å². The van der Waals surface area contributed by atoms with Crippen LogP contribution in [0.5, 0.6) is 0 Å². The van der Waals surface area contributed by atoms with Gasteiger partial charge in [-0.2, -0.15) is 13.2 Å². The molecule has 1 aromatic carbocycles. The van der Waals surface area contributed by atoms with E-state index in [1.54, 1.807) is 0 Å². The van der Waals surface area contributed by atoms with Crippen molar-refractivity contribution in [2.24, 2.45) is 0 Å². The van der Waals surface area contributed by atoms with Gasteiger partial charge in [0.1, 0.15) is 5.82 Å². The topological polar surface area (TPSA) is 40.5 Å². The van der Waals surface area contributed by atoms with Crippen molar-refractivity contribution in [3.05, 3.63) is 35.6 Å². The zero-order valence-electron chi connectivity index (χ0n) is 10.5. The Labute approximate surface area is 112 Å². The van der Waals surface area contributed by atoms with Gasteiger partial charge < -0.3 is 10.0 Å². The predicted molar refractivity (Wildman–Crippen MR) is 62.2 cm³/mol. The van der Waals surface area contributed by atoms with Crippen LogP contribution in [0.4, 0.5) is 17.6 Å². The summed E-state index contributed by atoms with van der Waals surface area (Å²) in [5.41, 5.74) is -0.881. The number of nitrogens with zero attached hydrogens (tertiary/aromatic N) is 1. The predicted octanol–water partition coefficient (Wildman–Crippen LogP) is 2.20. The number of piperidine rings is 1. The number of aliphatic hydroxyl groups is 1. The van der Waals surface area contributed by atoms with Gasteiger partial charge >= 0.3 is 12.1 Å². The van der Waals surface area contributed by atoms with Crippen molar-refractivity contribution in [2.75, 3.05) is 13.1 Å². The number of benzene rings is 1. The first-order chi connectivity index (χ1) is 9.22. The van der Waals surface area contributed by atoms with E-state index in [2.05, 4.69) is 0 Å². The van der Waals surface area contributed by atoms with Crippen molar-refractivity contribution in [2.45, 2.75) is 24.6 Å². The molecule has 0 atom stereocenters. The summed E-state index contributed by atoms with van der Waals surface area (Å²) in [5, 5.41) is 10.4. The lowest BCUT2D eigenvalue weighted by Crippen LogP contribution is -2.49. The highest BCUT2D eigenvalue weighted by Crippen LogP contribution is 2.34. The maximum atomic E-state index is 12.8. The highest BCUT2D eigenvalue weighted by molar-refractivity contribution is 5.81. The van der Waals surface area contributed by atoms with Crippen LogP contribution >= 0.6 is 0 Å². The molecule has 0 saturated carbocycles. The largest absolute Gasteiger partial charge is 0.471 e. The molecule has 2 rings (SSSR count). The Balaban J connectivity index is 2.07. The zero-order chi connectivity index (χ0) is 15.0. The Morgan fingerprint density at radius 1 is 1.15 bits per heavy atom. The highest BCUT2D eigenvalue weighted by Gasteiger charge is 2.45. The van der Waals surface area contributed by atoms with Crippen LogP contribution in [0.3, 0.4) is 0 Å². The fraction of sp³-hybridized carbons (Fsp3) is 0.462. The third-order valence-corrected chi connectivity index (χ3v) is 3.50. The number of alkyl halides is 3. The molecule has 1 aliphatic heterocycles. The van der Waals surface area contributed by atoms with E-state index < -0.39 is 23.5 Å². The van der Waals surface area contributed by atoms with Crippen LogP contribution in [0.25, 0.3) is 0 Å². The lowest BCUT2D eigenvalue weighted by Gasteiger charge is -2.38. The third kappa shape index (κ3) is 2.92. The van der Waals surface area contributed by atoms with Crippen molar-refractivity contribution < 1.29 is 27.5 Å². The minimum absolute atomic E-state index is 0.0134. The number of rotatable bonds is 1. The molecule has 110 valence electrons. The summed E-state index contributed by atoms with van der Waals surface area (Å²) in [7, 11) is 0. The van der Waals surface area contributed by atoms with Gasteiger partial charge in [0.05, 0.1) is 5.60 Å². The Hall–Kier alpha value is -1.63. The van der Waals surface area contributed by atoms with Gasteiger partial charge in [-0.3, -0.25) is 4.79 Å². The lowest BCUT2D eigenvalue weighted by atomic mass is 9.84. The van der Waals surface area contributed by atoms with Gasteiger partial charge in [-0.25, -0.2) is 4.39 Å². The van der Waals surface area contributed by atoms with Crippen LogP contribution in [0.1, 0.15) is 18.4 Å². The normalized spacial score (nSPS) is 18.9. The van der Waals surface area contributed by atoms with Gasteiger partial charge in [-0.1, -0.05) is 12.1 Å². The Bertz CT molecular complexity index is 490. The number of hydrogen-bond donors (Lipinski definition) is 1. The fourth-order valence-electron chi connectivity index (χ4n) is 2.31. The van der Waals surface area contributed by atoms with Crippen molar-refractivity contribution in [3.8, 4) is 0 Å². The van der Waals surface area contributed by atoms with Crippen LogP contribution in [0.2, 0.25) is 0 Å². The lowest BCUT2D eigenvalue weighted by molar-refractivity contribution is -0.188. The van der Waals surface area contributed by atoms with Gasteiger partial charge in [-0.05, 0) is 30.5 Å².